The summed E-state index contributed by atoms with van der Waals surface area (Å²) in [6, 6.07) is 4.26. The van der Waals surface area contributed by atoms with Crippen molar-refractivity contribution in [3.05, 3.63) is 29.1 Å². The van der Waals surface area contributed by atoms with E-state index >= 15 is 0 Å². The Morgan fingerprint density at radius 3 is 2.88 bits per heavy atom. The van der Waals surface area contributed by atoms with Gasteiger partial charge in [0.15, 0.2) is 5.96 Å². The summed E-state index contributed by atoms with van der Waals surface area (Å²) in [4.78, 5) is 10.8. The summed E-state index contributed by atoms with van der Waals surface area (Å²) >= 11 is 0. The van der Waals surface area contributed by atoms with Crippen LogP contribution in [0.25, 0.3) is 0 Å². The van der Waals surface area contributed by atoms with Gasteiger partial charge in [0.2, 0.25) is 0 Å². The zero-order valence-corrected chi connectivity index (χ0v) is 10.6. The molecule has 0 saturated carbocycles. The summed E-state index contributed by atoms with van der Waals surface area (Å²) in [6.45, 7) is 0.567. The Labute approximate surface area is 103 Å². The van der Waals surface area contributed by atoms with Gasteiger partial charge in [-0.2, -0.15) is 0 Å². The molecule has 92 valence electrons. The number of hydrogen-bond acceptors (Lipinski definition) is 2. The number of aryl methyl sites for hydroxylation is 2. The first-order valence-electron chi connectivity index (χ1n) is 6.12. The van der Waals surface area contributed by atoms with Crippen LogP contribution in [0.2, 0.25) is 0 Å². The molecule has 4 heteroatoms. The van der Waals surface area contributed by atoms with Gasteiger partial charge in [-0.05, 0) is 37.3 Å². The molecule has 0 atom stereocenters. The van der Waals surface area contributed by atoms with E-state index in [9.17, 15) is 0 Å². The van der Waals surface area contributed by atoms with Crippen LogP contribution in [0.15, 0.2) is 17.1 Å². The van der Waals surface area contributed by atoms with E-state index in [-0.39, 0.29) is 0 Å². The Hall–Kier alpha value is -1.58. The van der Waals surface area contributed by atoms with Crippen LogP contribution in [0.3, 0.4) is 0 Å². The fourth-order valence-corrected chi connectivity index (χ4v) is 2.02. The molecule has 1 aromatic heterocycles. The molecule has 1 aliphatic rings. The Morgan fingerprint density at radius 2 is 2.12 bits per heavy atom. The van der Waals surface area contributed by atoms with E-state index in [0.29, 0.717) is 12.5 Å². The van der Waals surface area contributed by atoms with Crippen LogP contribution >= 0.6 is 0 Å². The van der Waals surface area contributed by atoms with Gasteiger partial charge in [0, 0.05) is 19.8 Å². The average Bonchev–Trinajstić information content (AvgIpc) is 2.35. The van der Waals surface area contributed by atoms with Crippen LogP contribution in [0.1, 0.15) is 29.8 Å². The Bertz CT molecular complexity index is 423. The molecule has 1 aliphatic carbocycles. The molecule has 0 aliphatic heterocycles. The third kappa shape index (κ3) is 2.96. The van der Waals surface area contributed by atoms with Crippen molar-refractivity contribution in [1.29, 1.82) is 0 Å². The molecule has 0 saturated heterocycles. The molecule has 4 nitrogen and oxygen atoms in total. The lowest BCUT2D eigenvalue weighted by Crippen LogP contribution is -2.30. The van der Waals surface area contributed by atoms with E-state index in [1.54, 1.807) is 4.90 Å². The number of nitrogens with zero attached hydrogens (tertiary/aromatic N) is 3. The average molecular weight is 232 g/mol. The standard InChI is InChI=1S/C13H20N4/c1-17(2)13(14)15-9-11-8-7-10-5-3-4-6-12(10)16-11/h7-8H,3-6,9H2,1-2H3,(H2,14,15). The number of aliphatic imine (C=N–C) groups is 1. The van der Waals surface area contributed by atoms with Gasteiger partial charge >= 0.3 is 0 Å². The number of hydrogen-bond donors (Lipinski definition) is 1. The molecule has 2 rings (SSSR count). The van der Waals surface area contributed by atoms with Crippen molar-refractivity contribution >= 4 is 5.96 Å². The van der Waals surface area contributed by atoms with Crippen molar-refractivity contribution in [2.24, 2.45) is 10.7 Å². The molecule has 0 spiro atoms. The highest BCUT2D eigenvalue weighted by molar-refractivity contribution is 5.77. The number of fused-ring (bicyclic) bond motifs is 1. The maximum Gasteiger partial charge on any atom is 0.191 e. The van der Waals surface area contributed by atoms with Gasteiger partial charge in [0.05, 0.1) is 12.2 Å². The highest BCUT2D eigenvalue weighted by Crippen LogP contribution is 2.19. The molecule has 0 radical (unpaired) electrons. The van der Waals surface area contributed by atoms with Gasteiger partial charge in [0.25, 0.3) is 0 Å². The summed E-state index contributed by atoms with van der Waals surface area (Å²) in [5.74, 6) is 0.546. The maximum absolute atomic E-state index is 5.75. The fraction of sp³-hybridized carbons (Fsp3) is 0.538. The monoisotopic (exact) mass is 232 g/mol. The zero-order chi connectivity index (χ0) is 12.3. The predicted molar refractivity (Wildman–Crippen MR) is 69.9 cm³/mol. The molecular formula is C13H20N4. The summed E-state index contributed by atoms with van der Waals surface area (Å²) in [5, 5.41) is 0. The molecule has 1 aromatic rings. The second-order valence-electron chi connectivity index (χ2n) is 4.68. The topological polar surface area (TPSA) is 54.5 Å². The van der Waals surface area contributed by atoms with E-state index < -0.39 is 0 Å². The maximum atomic E-state index is 5.75. The first-order valence-corrected chi connectivity index (χ1v) is 6.12. The third-order valence-corrected chi connectivity index (χ3v) is 3.10. The first-order chi connectivity index (χ1) is 8.16. The lowest BCUT2D eigenvalue weighted by atomic mass is 9.96. The number of nitrogens with two attached hydrogens (primary N) is 1. The van der Waals surface area contributed by atoms with Crippen LogP contribution < -0.4 is 5.73 Å². The van der Waals surface area contributed by atoms with Gasteiger partial charge in [0.1, 0.15) is 0 Å². The number of rotatable bonds is 2. The summed E-state index contributed by atoms with van der Waals surface area (Å²) < 4.78 is 0. The van der Waals surface area contributed by atoms with Crippen molar-refractivity contribution in [2.45, 2.75) is 32.2 Å². The molecule has 0 unspecified atom stereocenters. The fourth-order valence-electron chi connectivity index (χ4n) is 2.02. The number of aromatic nitrogens is 1. The van der Waals surface area contributed by atoms with E-state index in [4.69, 9.17) is 5.73 Å². The minimum absolute atomic E-state index is 0.546. The molecule has 0 amide bonds. The Morgan fingerprint density at radius 1 is 1.35 bits per heavy atom. The second kappa shape index (κ2) is 5.17. The molecule has 0 bridgehead atoms. The quantitative estimate of drug-likeness (QED) is 0.618. The largest absolute Gasteiger partial charge is 0.370 e. The van der Waals surface area contributed by atoms with Crippen molar-refractivity contribution in [2.75, 3.05) is 14.1 Å². The summed E-state index contributed by atoms with van der Waals surface area (Å²) in [7, 11) is 3.78. The zero-order valence-electron chi connectivity index (χ0n) is 10.6. The smallest absolute Gasteiger partial charge is 0.191 e. The second-order valence-corrected chi connectivity index (χ2v) is 4.68. The number of guanidine groups is 1. The van der Waals surface area contributed by atoms with E-state index in [1.165, 1.54) is 30.5 Å². The van der Waals surface area contributed by atoms with Crippen LogP contribution in [0.4, 0.5) is 0 Å². The SMILES string of the molecule is CN(C)C(N)=NCc1ccc2c(n1)CCCC2. The normalized spacial score (nSPS) is 15.5. The molecule has 0 fully saturated rings. The van der Waals surface area contributed by atoms with Gasteiger partial charge < -0.3 is 10.6 Å². The molecule has 2 N–H and O–H groups in total. The van der Waals surface area contributed by atoms with Crippen LogP contribution in [-0.2, 0) is 19.4 Å². The summed E-state index contributed by atoms with van der Waals surface area (Å²) in [5.41, 5.74) is 9.42. The van der Waals surface area contributed by atoms with Crippen molar-refractivity contribution in [3.63, 3.8) is 0 Å². The minimum Gasteiger partial charge on any atom is -0.370 e. The molecule has 1 heterocycles. The van der Waals surface area contributed by atoms with Gasteiger partial charge in [-0.3, -0.25) is 4.98 Å². The van der Waals surface area contributed by atoms with Crippen LogP contribution in [0, 0.1) is 0 Å². The van der Waals surface area contributed by atoms with Crippen molar-refractivity contribution in [1.82, 2.24) is 9.88 Å². The van der Waals surface area contributed by atoms with Gasteiger partial charge in [-0.15, -0.1) is 0 Å². The predicted octanol–water partition coefficient (Wildman–Crippen LogP) is 1.34. The van der Waals surface area contributed by atoms with Gasteiger partial charge in [-0.1, -0.05) is 6.07 Å². The Kier molecular flexibility index (Phi) is 3.61. The molecule has 0 aromatic carbocycles. The minimum atomic E-state index is 0.546. The van der Waals surface area contributed by atoms with Crippen molar-refractivity contribution < 1.29 is 0 Å². The summed E-state index contributed by atoms with van der Waals surface area (Å²) in [6.07, 6.45) is 4.83. The van der Waals surface area contributed by atoms with Crippen molar-refractivity contribution in [3.8, 4) is 0 Å². The first kappa shape index (κ1) is 11.9. The van der Waals surface area contributed by atoms with Crippen LogP contribution in [0.5, 0.6) is 0 Å². The van der Waals surface area contributed by atoms with E-state index in [0.717, 1.165) is 12.1 Å². The highest BCUT2D eigenvalue weighted by Gasteiger charge is 2.10. The lowest BCUT2D eigenvalue weighted by molar-refractivity contribution is 0.608. The van der Waals surface area contributed by atoms with E-state index in [2.05, 4.69) is 22.1 Å². The third-order valence-electron chi connectivity index (χ3n) is 3.10. The molecular weight excluding hydrogens is 212 g/mol. The van der Waals surface area contributed by atoms with E-state index in [1.807, 2.05) is 14.1 Å². The number of pyridine rings is 1. The highest BCUT2D eigenvalue weighted by atomic mass is 15.2. The molecule has 17 heavy (non-hydrogen) atoms. The lowest BCUT2D eigenvalue weighted by Gasteiger charge is -2.15. The van der Waals surface area contributed by atoms with Crippen LogP contribution in [-0.4, -0.2) is 29.9 Å². The van der Waals surface area contributed by atoms with Gasteiger partial charge in [-0.25, -0.2) is 4.99 Å². The Balaban J connectivity index is 2.10.